The molecule has 0 radical (unpaired) electrons. The monoisotopic (exact) mass is 324 g/mol. The first-order valence-electron chi connectivity index (χ1n) is 7.60. The van der Waals surface area contributed by atoms with Crippen LogP contribution in [0.25, 0.3) is 0 Å². The van der Waals surface area contributed by atoms with Gasteiger partial charge in [-0.05, 0) is 30.7 Å². The van der Waals surface area contributed by atoms with Crippen LogP contribution in [0.5, 0.6) is 5.75 Å². The molecule has 0 aromatic heterocycles. The molecule has 122 valence electrons. The van der Waals surface area contributed by atoms with E-state index in [1.54, 1.807) is 36.4 Å². The van der Waals surface area contributed by atoms with Crippen LogP contribution in [-0.2, 0) is 4.79 Å². The molecule has 2 aromatic rings. The third kappa shape index (κ3) is 3.12. The van der Waals surface area contributed by atoms with Gasteiger partial charge in [-0.3, -0.25) is 19.3 Å². The van der Waals surface area contributed by atoms with Crippen LogP contribution in [0.15, 0.2) is 48.5 Å². The Bertz CT molecular complexity index is 781. The van der Waals surface area contributed by atoms with E-state index in [1.165, 1.54) is 17.0 Å². The van der Waals surface area contributed by atoms with Gasteiger partial charge in [0.25, 0.3) is 11.8 Å². The molecule has 1 aliphatic heterocycles. The van der Waals surface area contributed by atoms with Crippen molar-refractivity contribution in [3.8, 4) is 5.75 Å². The van der Waals surface area contributed by atoms with Crippen molar-refractivity contribution in [3.63, 3.8) is 0 Å². The van der Waals surface area contributed by atoms with Crippen molar-refractivity contribution in [2.45, 2.75) is 12.8 Å². The quantitative estimate of drug-likeness (QED) is 0.827. The highest BCUT2D eigenvalue weighted by molar-refractivity contribution is 6.21. The number of aromatic hydroxyl groups is 1. The average Bonchev–Trinajstić information content (AvgIpc) is 2.80. The van der Waals surface area contributed by atoms with Crippen molar-refractivity contribution in [3.05, 3.63) is 59.7 Å². The van der Waals surface area contributed by atoms with E-state index in [-0.39, 0.29) is 36.4 Å². The van der Waals surface area contributed by atoms with Gasteiger partial charge >= 0.3 is 0 Å². The maximum Gasteiger partial charge on any atom is 0.261 e. The second-order valence-corrected chi connectivity index (χ2v) is 5.51. The fourth-order valence-corrected chi connectivity index (χ4v) is 2.65. The number of phenolic OH excluding ortho intramolecular Hbond substituents is 1. The number of imide groups is 1. The Kier molecular flexibility index (Phi) is 4.29. The number of nitrogens with zero attached hydrogens (tertiary/aromatic N) is 1. The van der Waals surface area contributed by atoms with E-state index in [1.807, 2.05) is 0 Å². The van der Waals surface area contributed by atoms with Gasteiger partial charge in [0.1, 0.15) is 5.75 Å². The van der Waals surface area contributed by atoms with E-state index in [2.05, 4.69) is 5.32 Å². The third-order valence-corrected chi connectivity index (χ3v) is 3.79. The molecule has 6 heteroatoms. The van der Waals surface area contributed by atoms with Crippen LogP contribution in [0.1, 0.15) is 33.6 Å². The molecular weight excluding hydrogens is 308 g/mol. The number of amides is 3. The zero-order valence-corrected chi connectivity index (χ0v) is 12.9. The van der Waals surface area contributed by atoms with Crippen molar-refractivity contribution < 1.29 is 19.5 Å². The van der Waals surface area contributed by atoms with Gasteiger partial charge < -0.3 is 10.4 Å². The van der Waals surface area contributed by atoms with Gasteiger partial charge in [-0.2, -0.15) is 0 Å². The largest absolute Gasteiger partial charge is 0.508 e. The first kappa shape index (κ1) is 15.7. The summed E-state index contributed by atoms with van der Waals surface area (Å²) in [7, 11) is 0. The highest BCUT2D eigenvalue weighted by Crippen LogP contribution is 2.22. The number of hydrogen-bond donors (Lipinski definition) is 2. The molecule has 0 aliphatic carbocycles. The molecule has 3 rings (SSSR count). The number of nitrogens with one attached hydrogen (secondary N) is 1. The molecule has 0 spiro atoms. The molecule has 0 saturated heterocycles. The van der Waals surface area contributed by atoms with Crippen LogP contribution in [0.3, 0.4) is 0 Å². The number of rotatable bonds is 5. The minimum absolute atomic E-state index is 0.0684. The summed E-state index contributed by atoms with van der Waals surface area (Å²) in [5, 5.41) is 12.0. The van der Waals surface area contributed by atoms with E-state index in [9.17, 15) is 19.5 Å². The zero-order chi connectivity index (χ0) is 17.1. The maximum absolute atomic E-state index is 12.2. The number of anilines is 1. The summed E-state index contributed by atoms with van der Waals surface area (Å²) in [4.78, 5) is 37.4. The Morgan fingerprint density at radius 2 is 1.67 bits per heavy atom. The van der Waals surface area contributed by atoms with Crippen LogP contribution in [0.4, 0.5) is 5.69 Å². The average molecular weight is 324 g/mol. The highest BCUT2D eigenvalue weighted by atomic mass is 16.3. The standard InChI is InChI=1S/C18H16N2O4/c21-13-6-3-5-12(11-13)19-16(22)9-4-10-20-17(23)14-7-1-2-8-15(14)18(20)24/h1-3,5-8,11,21H,4,9-10H2,(H,19,22). The Hall–Kier alpha value is -3.15. The fraction of sp³-hybridized carbons (Fsp3) is 0.167. The van der Waals surface area contributed by atoms with Crippen molar-refractivity contribution in [2.75, 3.05) is 11.9 Å². The lowest BCUT2D eigenvalue weighted by Gasteiger charge is -2.13. The molecular formula is C18H16N2O4. The van der Waals surface area contributed by atoms with Crippen LogP contribution in [0.2, 0.25) is 0 Å². The van der Waals surface area contributed by atoms with E-state index < -0.39 is 0 Å². The number of benzene rings is 2. The topological polar surface area (TPSA) is 86.7 Å². The van der Waals surface area contributed by atoms with Crippen molar-refractivity contribution >= 4 is 23.4 Å². The molecule has 0 fully saturated rings. The maximum atomic E-state index is 12.2. The van der Waals surface area contributed by atoms with Crippen LogP contribution in [-0.4, -0.2) is 34.3 Å². The normalized spacial score (nSPS) is 13.1. The summed E-state index contributed by atoms with van der Waals surface area (Å²) in [6.45, 7) is 0.194. The molecule has 0 atom stereocenters. The van der Waals surface area contributed by atoms with Gasteiger partial charge in [-0.25, -0.2) is 0 Å². The molecule has 0 unspecified atom stereocenters. The number of fused-ring (bicyclic) bond motifs is 1. The highest BCUT2D eigenvalue weighted by Gasteiger charge is 2.34. The van der Waals surface area contributed by atoms with Gasteiger partial charge in [0, 0.05) is 24.7 Å². The van der Waals surface area contributed by atoms with Gasteiger partial charge in [0.05, 0.1) is 11.1 Å². The Labute approximate surface area is 138 Å². The van der Waals surface area contributed by atoms with E-state index in [0.29, 0.717) is 23.2 Å². The lowest BCUT2D eigenvalue weighted by atomic mass is 10.1. The molecule has 2 N–H and O–H groups in total. The molecule has 3 amide bonds. The second-order valence-electron chi connectivity index (χ2n) is 5.51. The van der Waals surface area contributed by atoms with E-state index >= 15 is 0 Å². The number of phenols is 1. The first-order chi connectivity index (χ1) is 11.6. The molecule has 0 saturated carbocycles. The minimum Gasteiger partial charge on any atom is -0.508 e. The Balaban J connectivity index is 1.53. The number of hydrogen-bond acceptors (Lipinski definition) is 4. The molecule has 1 aliphatic rings. The predicted molar refractivity (Wildman–Crippen MR) is 87.8 cm³/mol. The summed E-state index contributed by atoms with van der Waals surface area (Å²) in [6.07, 6.45) is 0.541. The van der Waals surface area contributed by atoms with Gasteiger partial charge in [-0.1, -0.05) is 18.2 Å². The molecule has 2 aromatic carbocycles. The van der Waals surface area contributed by atoms with Crippen molar-refractivity contribution in [1.29, 1.82) is 0 Å². The predicted octanol–water partition coefficient (Wildman–Crippen LogP) is 2.41. The van der Waals surface area contributed by atoms with Gasteiger partial charge in [0.15, 0.2) is 0 Å². The van der Waals surface area contributed by atoms with E-state index in [0.717, 1.165) is 0 Å². The lowest BCUT2D eigenvalue weighted by Crippen LogP contribution is -2.31. The number of carbonyl (C=O) groups excluding carboxylic acids is 3. The van der Waals surface area contributed by atoms with E-state index in [4.69, 9.17) is 0 Å². The summed E-state index contributed by atoms with van der Waals surface area (Å²) in [5.41, 5.74) is 1.32. The SMILES string of the molecule is O=C(CCCN1C(=O)c2ccccc2C1=O)Nc1cccc(O)c1. The van der Waals surface area contributed by atoms with Crippen molar-refractivity contribution in [2.24, 2.45) is 0 Å². The fourth-order valence-electron chi connectivity index (χ4n) is 2.65. The second kappa shape index (κ2) is 6.54. The summed E-state index contributed by atoms with van der Waals surface area (Å²) in [5.74, 6) is -0.802. The summed E-state index contributed by atoms with van der Waals surface area (Å²) >= 11 is 0. The van der Waals surface area contributed by atoms with Crippen LogP contribution < -0.4 is 5.32 Å². The van der Waals surface area contributed by atoms with Crippen LogP contribution >= 0.6 is 0 Å². The van der Waals surface area contributed by atoms with Gasteiger partial charge in [0.2, 0.25) is 5.91 Å². The number of carbonyl (C=O) groups is 3. The zero-order valence-electron chi connectivity index (χ0n) is 12.9. The molecule has 0 bridgehead atoms. The molecule has 24 heavy (non-hydrogen) atoms. The first-order valence-corrected chi connectivity index (χ1v) is 7.60. The Morgan fingerprint density at radius 1 is 1.00 bits per heavy atom. The third-order valence-electron chi connectivity index (χ3n) is 3.79. The van der Waals surface area contributed by atoms with Crippen LogP contribution in [0, 0.1) is 0 Å². The molecule has 1 heterocycles. The molecule has 6 nitrogen and oxygen atoms in total. The smallest absolute Gasteiger partial charge is 0.261 e. The lowest BCUT2D eigenvalue weighted by molar-refractivity contribution is -0.116. The van der Waals surface area contributed by atoms with Gasteiger partial charge in [-0.15, -0.1) is 0 Å². The van der Waals surface area contributed by atoms with Crippen molar-refractivity contribution in [1.82, 2.24) is 4.90 Å². The summed E-state index contributed by atoms with van der Waals surface area (Å²) < 4.78 is 0. The minimum atomic E-state index is -0.316. The Morgan fingerprint density at radius 3 is 2.29 bits per heavy atom. The summed E-state index contributed by atoms with van der Waals surface area (Å²) in [6, 6.07) is 13.0.